The summed E-state index contributed by atoms with van der Waals surface area (Å²) >= 11 is 0. The van der Waals surface area contributed by atoms with Gasteiger partial charge in [0.05, 0.1) is 0 Å². The fraction of sp³-hybridized carbons (Fsp3) is 0.780. The van der Waals surface area contributed by atoms with Gasteiger partial charge in [0, 0.05) is 19.3 Å². The predicted molar refractivity (Wildman–Crippen MR) is 279 cm³/mol. The molecule has 0 rings (SSSR count). The molecule has 376 valence electrons. The molecule has 6 nitrogen and oxygen atoms in total. The van der Waals surface area contributed by atoms with Crippen molar-refractivity contribution in [1.82, 2.24) is 0 Å². The number of unbranched alkanes of at least 4 members (excludes halogenated alkanes) is 29. The van der Waals surface area contributed by atoms with Crippen LogP contribution in [0.2, 0.25) is 0 Å². The van der Waals surface area contributed by atoms with Crippen molar-refractivity contribution in [3.8, 4) is 0 Å². The maximum Gasteiger partial charge on any atom is 0.306 e. The minimum atomic E-state index is -0.787. The highest BCUT2D eigenvalue weighted by Crippen LogP contribution is 2.15. The van der Waals surface area contributed by atoms with E-state index in [1.807, 2.05) is 0 Å². The van der Waals surface area contributed by atoms with Crippen molar-refractivity contribution in [2.24, 2.45) is 0 Å². The van der Waals surface area contributed by atoms with Gasteiger partial charge in [0.25, 0.3) is 0 Å². The van der Waals surface area contributed by atoms with Crippen molar-refractivity contribution in [3.63, 3.8) is 0 Å². The summed E-state index contributed by atoms with van der Waals surface area (Å²) < 4.78 is 16.8. The molecule has 0 saturated carbocycles. The minimum Gasteiger partial charge on any atom is -0.462 e. The smallest absolute Gasteiger partial charge is 0.306 e. The maximum absolute atomic E-state index is 12.8. The zero-order chi connectivity index (χ0) is 47.2. The van der Waals surface area contributed by atoms with Crippen LogP contribution >= 0.6 is 0 Å². The molecule has 0 saturated heterocycles. The van der Waals surface area contributed by atoms with Gasteiger partial charge in [0.1, 0.15) is 13.2 Å². The molecule has 0 bridgehead atoms. The number of carbonyl (C=O) groups excluding carboxylic acids is 3. The molecule has 0 aliphatic carbocycles. The first-order valence-electron chi connectivity index (χ1n) is 27.8. The van der Waals surface area contributed by atoms with E-state index in [9.17, 15) is 14.4 Å². The lowest BCUT2D eigenvalue weighted by Gasteiger charge is -2.18. The Morgan fingerprint density at radius 1 is 0.308 bits per heavy atom. The van der Waals surface area contributed by atoms with Crippen molar-refractivity contribution in [2.75, 3.05) is 13.2 Å². The topological polar surface area (TPSA) is 78.9 Å². The largest absolute Gasteiger partial charge is 0.462 e. The molecule has 0 heterocycles. The van der Waals surface area contributed by atoms with Crippen LogP contribution in [0.3, 0.4) is 0 Å². The number of allylic oxidation sites excluding steroid dienone is 10. The molecule has 0 aromatic rings. The average molecular weight is 909 g/mol. The zero-order valence-electron chi connectivity index (χ0n) is 43.0. The predicted octanol–water partition coefficient (Wildman–Crippen LogP) is 18.4. The van der Waals surface area contributed by atoms with Crippen LogP contribution in [0, 0.1) is 0 Å². The Morgan fingerprint density at radius 3 is 0.923 bits per heavy atom. The molecule has 0 aromatic heterocycles. The van der Waals surface area contributed by atoms with E-state index < -0.39 is 6.10 Å². The van der Waals surface area contributed by atoms with Gasteiger partial charge in [-0.05, 0) is 89.9 Å². The van der Waals surface area contributed by atoms with Crippen LogP contribution in [0.4, 0.5) is 0 Å². The Balaban J connectivity index is 4.35. The van der Waals surface area contributed by atoms with E-state index in [1.54, 1.807) is 0 Å². The lowest BCUT2D eigenvalue weighted by atomic mass is 10.1. The number of esters is 3. The van der Waals surface area contributed by atoms with Crippen LogP contribution in [0.5, 0.6) is 0 Å². The van der Waals surface area contributed by atoms with Gasteiger partial charge in [-0.3, -0.25) is 14.4 Å². The van der Waals surface area contributed by atoms with Crippen LogP contribution in [-0.4, -0.2) is 37.2 Å². The zero-order valence-corrected chi connectivity index (χ0v) is 43.0. The monoisotopic (exact) mass is 909 g/mol. The fourth-order valence-electron chi connectivity index (χ4n) is 7.77. The van der Waals surface area contributed by atoms with Crippen molar-refractivity contribution in [3.05, 3.63) is 60.8 Å². The number of hydrogen-bond donors (Lipinski definition) is 0. The standard InChI is InChI=1S/C59H104O6/c1-4-7-10-13-16-19-21-23-25-27-29-31-33-35-37-40-43-46-49-52-58(61)64-55-56(54-63-57(60)51-48-45-42-39-18-15-12-9-6-3)65-59(62)53-50-47-44-41-38-36-34-32-30-28-26-24-22-20-17-14-11-8-5-2/h16,19,23,25,28-31,35,37,56H,4-15,17-18,20-22,24,26-27,32-34,36,38-55H2,1-3H3/b19-16-,25-23-,30-28-,31-29-,37-35-/t56-/m1/s1. The molecular formula is C59H104O6. The number of hydrogen-bond acceptors (Lipinski definition) is 6. The average Bonchev–Trinajstić information content (AvgIpc) is 3.30. The molecule has 0 aromatic carbocycles. The number of ether oxygens (including phenoxy) is 3. The summed E-state index contributed by atoms with van der Waals surface area (Å²) in [7, 11) is 0. The van der Waals surface area contributed by atoms with Crippen LogP contribution in [0.25, 0.3) is 0 Å². The van der Waals surface area contributed by atoms with Crippen molar-refractivity contribution in [1.29, 1.82) is 0 Å². The second kappa shape index (κ2) is 53.7. The molecule has 0 aliphatic heterocycles. The molecule has 0 amide bonds. The normalized spacial score (nSPS) is 12.5. The SMILES string of the molecule is CCCCC/C=C\C/C=C\C/C=C\C/C=C\CCCCCC(=O)OC[C@@H](COC(=O)CCCCCCCCCCC)OC(=O)CCCCCCCCC/C=C\CCCCCCCCCC. The molecule has 0 N–H and O–H groups in total. The van der Waals surface area contributed by atoms with Crippen molar-refractivity contribution in [2.45, 2.75) is 284 Å². The molecule has 0 radical (unpaired) electrons. The van der Waals surface area contributed by atoms with Gasteiger partial charge >= 0.3 is 17.9 Å². The summed E-state index contributed by atoms with van der Waals surface area (Å²) in [6.45, 7) is 6.58. The van der Waals surface area contributed by atoms with E-state index >= 15 is 0 Å². The molecule has 0 spiro atoms. The summed E-state index contributed by atoms with van der Waals surface area (Å²) in [6, 6.07) is 0. The van der Waals surface area contributed by atoms with Gasteiger partial charge < -0.3 is 14.2 Å². The number of rotatable bonds is 50. The first kappa shape index (κ1) is 62.1. The summed E-state index contributed by atoms with van der Waals surface area (Å²) in [5, 5.41) is 0. The molecule has 0 fully saturated rings. The molecule has 6 heteroatoms. The third-order valence-corrected chi connectivity index (χ3v) is 12.0. The lowest BCUT2D eigenvalue weighted by molar-refractivity contribution is -0.167. The van der Waals surface area contributed by atoms with Gasteiger partial charge in [-0.25, -0.2) is 0 Å². The van der Waals surface area contributed by atoms with E-state index in [2.05, 4.69) is 81.5 Å². The highest BCUT2D eigenvalue weighted by molar-refractivity contribution is 5.71. The lowest BCUT2D eigenvalue weighted by Crippen LogP contribution is -2.30. The maximum atomic E-state index is 12.8. The van der Waals surface area contributed by atoms with Gasteiger partial charge in [-0.1, -0.05) is 229 Å². The minimum absolute atomic E-state index is 0.0846. The fourth-order valence-corrected chi connectivity index (χ4v) is 7.77. The van der Waals surface area contributed by atoms with Gasteiger partial charge in [0.15, 0.2) is 6.10 Å². The summed E-state index contributed by atoms with van der Waals surface area (Å²) in [6.07, 6.45) is 66.4. The summed E-state index contributed by atoms with van der Waals surface area (Å²) in [4.78, 5) is 38.0. The highest BCUT2D eigenvalue weighted by Gasteiger charge is 2.19. The van der Waals surface area contributed by atoms with E-state index in [-0.39, 0.29) is 31.1 Å². The molecule has 0 aliphatic rings. The Kier molecular flexibility index (Phi) is 51.3. The highest BCUT2D eigenvalue weighted by atomic mass is 16.6. The molecule has 0 unspecified atom stereocenters. The Bertz CT molecular complexity index is 1180. The van der Waals surface area contributed by atoms with Gasteiger partial charge in [-0.15, -0.1) is 0 Å². The third-order valence-electron chi connectivity index (χ3n) is 12.0. The summed E-state index contributed by atoms with van der Waals surface area (Å²) in [5.41, 5.74) is 0. The van der Waals surface area contributed by atoms with Crippen molar-refractivity contribution < 1.29 is 28.6 Å². The van der Waals surface area contributed by atoms with E-state index in [1.165, 1.54) is 154 Å². The first-order chi connectivity index (χ1) is 32.0. The van der Waals surface area contributed by atoms with Crippen LogP contribution < -0.4 is 0 Å². The van der Waals surface area contributed by atoms with E-state index in [0.29, 0.717) is 19.3 Å². The first-order valence-corrected chi connectivity index (χ1v) is 27.8. The third kappa shape index (κ3) is 51.9. The molecule has 65 heavy (non-hydrogen) atoms. The Hall–Kier alpha value is -2.89. The van der Waals surface area contributed by atoms with E-state index in [4.69, 9.17) is 14.2 Å². The summed E-state index contributed by atoms with van der Waals surface area (Å²) in [5.74, 6) is -0.916. The van der Waals surface area contributed by atoms with Crippen LogP contribution in [0.1, 0.15) is 278 Å². The quantitative estimate of drug-likeness (QED) is 0.0262. The second-order valence-electron chi connectivity index (χ2n) is 18.5. The molecule has 1 atom stereocenters. The second-order valence-corrected chi connectivity index (χ2v) is 18.5. The van der Waals surface area contributed by atoms with Crippen molar-refractivity contribution >= 4 is 17.9 Å². The van der Waals surface area contributed by atoms with E-state index in [0.717, 1.165) is 83.5 Å². The van der Waals surface area contributed by atoms with Crippen LogP contribution in [0.15, 0.2) is 60.8 Å². The van der Waals surface area contributed by atoms with Crippen LogP contribution in [-0.2, 0) is 28.6 Å². The van der Waals surface area contributed by atoms with Gasteiger partial charge in [0.2, 0.25) is 0 Å². The number of carbonyl (C=O) groups is 3. The Labute approximate surface area is 402 Å². The van der Waals surface area contributed by atoms with Gasteiger partial charge in [-0.2, -0.15) is 0 Å². The Morgan fingerprint density at radius 2 is 0.554 bits per heavy atom. The molecular weight excluding hydrogens is 805 g/mol.